The topological polar surface area (TPSA) is 64.4 Å². The molecule has 0 amide bonds. The van der Waals surface area contributed by atoms with Crippen LogP contribution in [0.2, 0.25) is 0 Å². The molecule has 0 spiro atoms. The van der Waals surface area contributed by atoms with Gasteiger partial charge >= 0.3 is 0 Å². The lowest BCUT2D eigenvalue weighted by atomic mass is 10.1. The SMILES string of the molecule is CSc1cccc(-c2ccc(N=C(N)N)cc2)c1. The van der Waals surface area contributed by atoms with E-state index in [1.54, 1.807) is 11.8 Å². The number of nitrogens with zero attached hydrogens (tertiary/aromatic N) is 1. The molecule has 0 saturated carbocycles. The molecule has 2 rings (SSSR count). The second-order valence-corrected chi connectivity index (χ2v) is 4.70. The Labute approximate surface area is 111 Å². The van der Waals surface area contributed by atoms with Crippen molar-refractivity contribution in [1.82, 2.24) is 0 Å². The summed E-state index contributed by atoms with van der Waals surface area (Å²) in [5, 5.41) is 0. The summed E-state index contributed by atoms with van der Waals surface area (Å²) >= 11 is 1.73. The predicted octanol–water partition coefficient (Wildman–Crippen LogP) is 2.98. The molecule has 18 heavy (non-hydrogen) atoms. The maximum absolute atomic E-state index is 5.34. The molecular formula is C14H15N3S. The van der Waals surface area contributed by atoms with Gasteiger partial charge in [-0.25, -0.2) is 4.99 Å². The highest BCUT2D eigenvalue weighted by atomic mass is 32.2. The van der Waals surface area contributed by atoms with Crippen molar-refractivity contribution in [2.75, 3.05) is 6.26 Å². The Kier molecular flexibility index (Phi) is 3.89. The van der Waals surface area contributed by atoms with E-state index in [-0.39, 0.29) is 5.96 Å². The number of thioether (sulfide) groups is 1. The molecule has 0 fully saturated rings. The van der Waals surface area contributed by atoms with Crippen molar-refractivity contribution >= 4 is 23.4 Å². The summed E-state index contributed by atoms with van der Waals surface area (Å²) in [5.74, 6) is 0.0760. The Balaban J connectivity index is 2.31. The summed E-state index contributed by atoms with van der Waals surface area (Å²) in [7, 11) is 0. The molecule has 2 aromatic carbocycles. The van der Waals surface area contributed by atoms with E-state index in [9.17, 15) is 0 Å². The average molecular weight is 257 g/mol. The largest absolute Gasteiger partial charge is 0.370 e. The first-order chi connectivity index (χ1) is 8.69. The minimum Gasteiger partial charge on any atom is -0.370 e. The van der Waals surface area contributed by atoms with Crippen molar-refractivity contribution in [2.24, 2.45) is 16.5 Å². The standard InChI is InChI=1S/C14H15N3S/c1-18-13-4-2-3-11(9-13)10-5-7-12(8-6-10)17-14(15)16/h2-9H,1H3,(H4,15,16,17). The van der Waals surface area contributed by atoms with E-state index in [0.29, 0.717) is 0 Å². The predicted molar refractivity (Wildman–Crippen MR) is 79.1 cm³/mol. The van der Waals surface area contributed by atoms with Crippen molar-refractivity contribution in [2.45, 2.75) is 4.90 Å². The lowest BCUT2D eigenvalue weighted by Gasteiger charge is -2.04. The van der Waals surface area contributed by atoms with Crippen molar-refractivity contribution in [3.8, 4) is 11.1 Å². The van der Waals surface area contributed by atoms with Crippen LogP contribution in [0.3, 0.4) is 0 Å². The van der Waals surface area contributed by atoms with Gasteiger partial charge in [-0.05, 0) is 41.6 Å². The molecule has 3 nitrogen and oxygen atoms in total. The third-order valence-corrected chi connectivity index (χ3v) is 3.25. The lowest BCUT2D eigenvalue weighted by molar-refractivity contribution is 1.41. The molecule has 0 saturated heterocycles. The van der Waals surface area contributed by atoms with Crippen molar-refractivity contribution in [3.63, 3.8) is 0 Å². The first kappa shape index (κ1) is 12.5. The van der Waals surface area contributed by atoms with Gasteiger partial charge in [0.15, 0.2) is 5.96 Å². The van der Waals surface area contributed by atoms with Gasteiger partial charge in [0.1, 0.15) is 0 Å². The van der Waals surface area contributed by atoms with E-state index >= 15 is 0 Å². The lowest BCUT2D eigenvalue weighted by Crippen LogP contribution is -2.21. The molecule has 0 aliphatic carbocycles. The van der Waals surface area contributed by atoms with E-state index in [1.165, 1.54) is 10.5 Å². The van der Waals surface area contributed by atoms with E-state index in [4.69, 9.17) is 11.5 Å². The highest BCUT2D eigenvalue weighted by Gasteiger charge is 1.99. The van der Waals surface area contributed by atoms with E-state index in [2.05, 4.69) is 35.5 Å². The van der Waals surface area contributed by atoms with E-state index in [0.717, 1.165) is 11.3 Å². The van der Waals surface area contributed by atoms with Gasteiger partial charge in [0, 0.05) is 4.90 Å². The number of nitrogens with two attached hydrogens (primary N) is 2. The van der Waals surface area contributed by atoms with Gasteiger partial charge in [-0.1, -0.05) is 24.3 Å². The molecule has 0 bridgehead atoms. The van der Waals surface area contributed by atoms with Crippen LogP contribution >= 0.6 is 11.8 Å². The van der Waals surface area contributed by atoms with Gasteiger partial charge in [-0.15, -0.1) is 11.8 Å². The molecule has 0 radical (unpaired) electrons. The fourth-order valence-corrected chi connectivity index (χ4v) is 2.14. The van der Waals surface area contributed by atoms with Gasteiger partial charge in [-0.2, -0.15) is 0 Å². The van der Waals surface area contributed by atoms with Crippen LogP contribution < -0.4 is 11.5 Å². The van der Waals surface area contributed by atoms with Gasteiger partial charge in [0.05, 0.1) is 5.69 Å². The van der Waals surface area contributed by atoms with Crippen LogP contribution in [0.15, 0.2) is 58.4 Å². The van der Waals surface area contributed by atoms with Gasteiger partial charge in [0.25, 0.3) is 0 Å². The summed E-state index contributed by atoms with van der Waals surface area (Å²) in [5.41, 5.74) is 13.8. The summed E-state index contributed by atoms with van der Waals surface area (Å²) in [6, 6.07) is 16.3. The second-order valence-electron chi connectivity index (χ2n) is 3.82. The third-order valence-electron chi connectivity index (χ3n) is 2.53. The molecule has 92 valence electrons. The smallest absolute Gasteiger partial charge is 0.191 e. The molecular weight excluding hydrogens is 242 g/mol. The molecule has 0 unspecified atom stereocenters. The zero-order chi connectivity index (χ0) is 13.0. The number of hydrogen-bond acceptors (Lipinski definition) is 2. The van der Waals surface area contributed by atoms with Gasteiger partial charge in [0.2, 0.25) is 0 Å². The third kappa shape index (κ3) is 3.05. The fraction of sp³-hybridized carbons (Fsp3) is 0.0714. The van der Waals surface area contributed by atoms with Crippen LogP contribution in [0.5, 0.6) is 0 Å². The van der Waals surface area contributed by atoms with Crippen LogP contribution in [-0.4, -0.2) is 12.2 Å². The van der Waals surface area contributed by atoms with Gasteiger partial charge in [-0.3, -0.25) is 0 Å². The first-order valence-electron chi connectivity index (χ1n) is 5.53. The Morgan fingerprint density at radius 3 is 2.33 bits per heavy atom. The second kappa shape index (κ2) is 5.60. The Bertz CT molecular complexity index is 558. The zero-order valence-electron chi connectivity index (χ0n) is 10.1. The Hall–Kier alpha value is -1.94. The molecule has 4 N–H and O–H groups in total. The number of benzene rings is 2. The maximum Gasteiger partial charge on any atom is 0.191 e. The van der Waals surface area contributed by atoms with Crippen molar-refractivity contribution in [3.05, 3.63) is 48.5 Å². The van der Waals surface area contributed by atoms with E-state index in [1.807, 2.05) is 24.3 Å². The van der Waals surface area contributed by atoms with Crippen LogP contribution in [0.4, 0.5) is 5.69 Å². The van der Waals surface area contributed by atoms with E-state index < -0.39 is 0 Å². The minimum atomic E-state index is 0.0760. The molecule has 0 atom stereocenters. The number of guanidine groups is 1. The van der Waals surface area contributed by atoms with Gasteiger partial charge < -0.3 is 11.5 Å². The highest BCUT2D eigenvalue weighted by molar-refractivity contribution is 7.98. The van der Waals surface area contributed by atoms with Crippen LogP contribution in [0.25, 0.3) is 11.1 Å². The Morgan fingerprint density at radius 2 is 1.72 bits per heavy atom. The van der Waals surface area contributed by atoms with Crippen LogP contribution in [-0.2, 0) is 0 Å². The van der Waals surface area contributed by atoms with Crippen molar-refractivity contribution in [1.29, 1.82) is 0 Å². The number of aliphatic imine (C=N–C) groups is 1. The quantitative estimate of drug-likeness (QED) is 0.505. The summed E-state index contributed by atoms with van der Waals surface area (Å²) in [6.07, 6.45) is 2.07. The molecule has 0 aromatic heterocycles. The molecule has 2 aromatic rings. The maximum atomic E-state index is 5.34. The van der Waals surface area contributed by atoms with Crippen LogP contribution in [0, 0.1) is 0 Å². The normalized spacial score (nSPS) is 10.1. The van der Waals surface area contributed by atoms with Crippen molar-refractivity contribution < 1.29 is 0 Å². The summed E-state index contributed by atoms with van der Waals surface area (Å²) in [4.78, 5) is 5.25. The molecule has 0 aliphatic heterocycles. The number of hydrogen-bond donors (Lipinski definition) is 2. The molecule has 0 heterocycles. The summed E-state index contributed by atoms with van der Waals surface area (Å²) in [6.45, 7) is 0. The van der Waals surface area contributed by atoms with Crippen LogP contribution in [0.1, 0.15) is 0 Å². The highest BCUT2D eigenvalue weighted by Crippen LogP contribution is 2.26. The minimum absolute atomic E-state index is 0.0760. The number of rotatable bonds is 3. The Morgan fingerprint density at radius 1 is 1.00 bits per heavy atom. The zero-order valence-corrected chi connectivity index (χ0v) is 10.9. The fourth-order valence-electron chi connectivity index (χ4n) is 1.68. The average Bonchev–Trinajstić information content (AvgIpc) is 2.39. The summed E-state index contributed by atoms with van der Waals surface area (Å²) < 4.78 is 0. The molecule has 4 heteroatoms. The monoisotopic (exact) mass is 257 g/mol. The first-order valence-corrected chi connectivity index (χ1v) is 6.75. The molecule has 0 aliphatic rings.